The SMILES string of the molecule is CCOC(=O)CN1C(=O)CN(C(=O)COc2cccc(C)c2C)c2cc(C)c(C)cc21. The molecule has 2 aromatic rings. The Bertz CT molecular complexity index is 1030. The molecule has 2 aromatic carbocycles. The van der Waals surface area contributed by atoms with Gasteiger partial charge in [-0.25, -0.2) is 0 Å². The zero-order valence-corrected chi connectivity index (χ0v) is 18.7. The molecule has 7 heteroatoms. The van der Waals surface area contributed by atoms with Crippen molar-refractivity contribution in [2.45, 2.75) is 34.6 Å². The van der Waals surface area contributed by atoms with Crippen LogP contribution in [-0.2, 0) is 19.1 Å². The van der Waals surface area contributed by atoms with E-state index in [-0.39, 0.29) is 38.1 Å². The van der Waals surface area contributed by atoms with E-state index in [9.17, 15) is 14.4 Å². The van der Waals surface area contributed by atoms with Crippen LogP contribution in [0.25, 0.3) is 0 Å². The maximum Gasteiger partial charge on any atom is 0.326 e. The summed E-state index contributed by atoms with van der Waals surface area (Å²) in [5.41, 5.74) is 5.09. The van der Waals surface area contributed by atoms with Gasteiger partial charge in [0.05, 0.1) is 18.0 Å². The minimum atomic E-state index is -0.488. The number of nitrogens with zero attached hydrogens (tertiary/aromatic N) is 2. The molecule has 0 saturated heterocycles. The van der Waals surface area contributed by atoms with E-state index >= 15 is 0 Å². The van der Waals surface area contributed by atoms with Gasteiger partial charge < -0.3 is 9.47 Å². The van der Waals surface area contributed by atoms with E-state index in [1.807, 2.05) is 58.0 Å². The van der Waals surface area contributed by atoms with Gasteiger partial charge in [-0.3, -0.25) is 24.2 Å². The first kappa shape index (κ1) is 22.3. The molecule has 0 N–H and O–H groups in total. The van der Waals surface area contributed by atoms with Crippen LogP contribution in [0.15, 0.2) is 30.3 Å². The Morgan fingerprint density at radius 3 is 2.35 bits per heavy atom. The van der Waals surface area contributed by atoms with Crippen LogP contribution in [0.1, 0.15) is 29.2 Å². The molecule has 0 atom stereocenters. The van der Waals surface area contributed by atoms with Gasteiger partial charge in [0.2, 0.25) is 5.91 Å². The molecule has 0 aromatic heterocycles. The molecule has 0 unspecified atom stereocenters. The predicted octanol–water partition coefficient (Wildman–Crippen LogP) is 3.24. The number of hydrogen-bond donors (Lipinski definition) is 0. The second kappa shape index (κ2) is 9.20. The summed E-state index contributed by atoms with van der Waals surface area (Å²) in [6.45, 7) is 9.19. The molecule has 0 radical (unpaired) electrons. The molecule has 164 valence electrons. The molecule has 0 fully saturated rings. The number of hydrogen-bond acceptors (Lipinski definition) is 5. The fourth-order valence-corrected chi connectivity index (χ4v) is 3.49. The molecule has 7 nitrogen and oxygen atoms in total. The average molecular weight is 424 g/mol. The van der Waals surface area contributed by atoms with Crippen LogP contribution in [-0.4, -0.2) is 44.1 Å². The Kier molecular flexibility index (Phi) is 6.63. The maximum atomic E-state index is 13.0. The van der Waals surface area contributed by atoms with Crippen molar-refractivity contribution in [3.8, 4) is 5.75 Å². The van der Waals surface area contributed by atoms with Gasteiger partial charge in [0.1, 0.15) is 18.8 Å². The van der Waals surface area contributed by atoms with Gasteiger partial charge >= 0.3 is 5.97 Å². The highest BCUT2D eigenvalue weighted by Crippen LogP contribution is 2.36. The predicted molar refractivity (Wildman–Crippen MR) is 119 cm³/mol. The normalized spacial score (nSPS) is 13.1. The van der Waals surface area contributed by atoms with Crippen LogP contribution in [0.3, 0.4) is 0 Å². The second-order valence-electron chi connectivity index (χ2n) is 7.68. The van der Waals surface area contributed by atoms with Gasteiger partial charge in [-0.15, -0.1) is 0 Å². The minimum Gasteiger partial charge on any atom is -0.483 e. The smallest absolute Gasteiger partial charge is 0.326 e. The van der Waals surface area contributed by atoms with Crippen molar-refractivity contribution in [3.05, 3.63) is 52.6 Å². The highest BCUT2D eigenvalue weighted by atomic mass is 16.5. The van der Waals surface area contributed by atoms with E-state index < -0.39 is 5.97 Å². The van der Waals surface area contributed by atoms with E-state index in [1.165, 1.54) is 9.80 Å². The molecule has 0 spiro atoms. The molecule has 1 aliphatic rings. The third-order valence-corrected chi connectivity index (χ3v) is 5.57. The van der Waals surface area contributed by atoms with Crippen LogP contribution in [0.2, 0.25) is 0 Å². The number of carbonyl (C=O) groups excluding carboxylic acids is 3. The Hall–Kier alpha value is -3.35. The van der Waals surface area contributed by atoms with Crippen molar-refractivity contribution in [1.29, 1.82) is 0 Å². The summed E-state index contributed by atoms with van der Waals surface area (Å²) >= 11 is 0. The van der Waals surface area contributed by atoms with Gasteiger partial charge in [0.15, 0.2) is 6.61 Å². The van der Waals surface area contributed by atoms with Crippen molar-refractivity contribution in [3.63, 3.8) is 0 Å². The summed E-state index contributed by atoms with van der Waals surface area (Å²) in [5, 5.41) is 0. The molecule has 1 heterocycles. The highest BCUT2D eigenvalue weighted by Gasteiger charge is 2.34. The van der Waals surface area contributed by atoms with Crippen LogP contribution < -0.4 is 14.5 Å². The molecular weight excluding hydrogens is 396 g/mol. The number of rotatable bonds is 6. The standard InChI is InChI=1S/C24H28N2O5/c1-6-30-24(29)13-26-20-11-17(4)16(3)10-19(20)25(12-22(26)27)23(28)14-31-21-9-7-8-15(2)18(21)5/h7-11H,6,12-14H2,1-5H3. The summed E-state index contributed by atoms with van der Waals surface area (Å²) in [4.78, 5) is 40.8. The lowest BCUT2D eigenvalue weighted by Crippen LogP contribution is -2.51. The summed E-state index contributed by atoms with van der Waals surface area (Å²) in [5.74, 6) is -0.516. The minimum absolute atomic E-state index is 0.163. The monoisotopic (exact) mass is 424 g/mol. The van der Waals surface area contributed by atoms with Crippen molar-refractivity contribution < 1.29 is 23.9 Å². The van der Waals surface area contributed by atoms with E-state index in [2.05, 4.69) is 0 Å². The van der Waals surface area contributed by atoms with Crippen LogP contribution in [0.5, 0.6) is 5.75 Å². The lowest BCUT2D eigenvalue weighted by atomic mass is 10.0. The molecular formula is C24H28N2O5. The summed E-state index contributed by atoms with van der Waals surface area (Å²) in [7, 11) is 0. The molecule has 0 aliphatic carbocycles. The first-order valence-corrected chi connectivity index (χ1v) is 10.3. The molecule has 0 bridgehead atoms. The Labute approximate surface area is 182 Å². The quantitative estimate of drug-likeness (QED) is 0.666. The lowest BCUT2D eigenvalue weighted by Gasteiger charge is -2.36. The van der Waals surface area contributed by atoms with E-state index in [0.29, 0.717) is 17.1 Å². The van der Waals surface area contributed by atoms with Crippen LogP contribution >= 0.6 is 0 Å². The van der Waals surface area contributed by atoms with Crippen molar-refractivity contribution >= 4 is 29.2 Å². The highest BCUT2D eigenvalue weighted by molar-refractivity contribution is 6.13. The second-order valence-corrected chi connectivity index (χ2v) is 7.68. The van der Waals surface area contributed by atoms with E-state index in [4.69, 9.17) is 9.47 Å². The van der Waals surface area contributed by atoms with Crippen molar-refractivity contribution in [1.82, 2.24) is 0 Å². The topological polar surface area (TPSA) is 76.2 Å². The summed E-state index contributed by atoms with van der Waals surface area (Å²) in [6.07, 6.45) is 0. The summed E-state index contributed by atoms with van der Waals surface area (Å²) < 4.78 is 10.8. The lowest BCUT2D eigenvalue weighted by molar-refractivity contribution is -0.142. The third kappa shape index (κ3) is 4.71. The van der Waals surface area contributed by atoms with Crippen LogP contribution in [0, 0.1) is 27.7 Å². The zero-order valence-electron chi connectivity index (χ0n) is 18.7. The van der Waals surface area contributed by atoms with E-state index in [0.717, 1.165) is 22.3 Å². The number of anilines is 2. The van der Waals surface area contributed by atoms with Gasteiger partial charge in [-0.05, 0) is 75.1 Å². The summed E-state index contributed by atoms with van der Waals surface area (Å²) in [6, 6.07) is 9.37. The Balaban J connectivity index is 1.88. The molecule has 1 aliphatic heterocycles. The van der Waals surface area contributed by atoms with Gasteiger partial charge in [-0.1, -0.05) is 12.1 Å². The fraction of sp³-hybridized carbons (Fsp3) is 0.375. The number of fused-ring (bicyclic) bond motifs is 1. The maximum absolute atomic E-state index is 13.0. The van der Waals surface area contributed by atoms with Gasteiger partial charge in [0, 0.05) is 0 Å². The number of esters is 1. The molecule has 2 amide bonds. The van der Waals surface area contributed by atoms with E-state index in [1.54, 1.807) is 6.92 Å². The largest absolute Gasteiger partial charge is 0.483 e. The first-order valence-electron chi connectivity index (χ1n) is 10.3. The van der Waals surface area contributed by atoms with Gasteiger partial charge in [-0.2, -0.15) is 0 Å². The third-order valence-electron chi connectivity index (χ3n) is 5.57. The van der Waals surface area contributed by atoms with Crippen LogP contribution in [0.4, 0.5) is 11.4 Å². The molecule has 3 rings (SSSR count). The fourth-order valence-electron chi connectivity index (χ4n) is 3.49. The molecule has 0 saturated carbocycles. The number of aryl methyl sites for hydroxylation is 3. The molecule has 31 heavy (non-hydrogen) atoms. The van der Waals surface area contributed by atoms with Crippen molar-refractivity contribution in [2.75, 3.05) is 36.1 Å². The number of ether oxygens (including phenoxy) is 2. The van der Waals surface area contributed by atoms with Gasteiger partial charge in [0.25, 0.3) is 5.91 Å². The Morgan fingerprint density at radius 2 is 1.68 bits per heavy atom. The number of benzene rings is 2. The average Bonchev–Trinajstić information content (AvgIpc) is 2.72. The zero-order chi connectivity index (χ0) is 22.7. The Morgan fingerprint density at radius 1 is 1.00 bits per heavy atom. The number of amides is 2. The number of carbonyl (C=O) groups is 3. The van der Waals surface area contributed by atoms with Crippen molar-refractivity contribution in [2.24, 2.45) is 0 Å². The first-order chi connectivity index (χ1) is 14.7.